The quantitative estimate of drug-likeness (QED) is 0.899. The maximum atomic E-state index is 5.92. The van der Waals surface area contributed by atoms with E-state index in [4.69, 9.17) is 11.6 Å². The zero-order chi connectivity index (χ0) is 13.0. The van der Waals surface area contributed by atoms with Crippen LogP contribution in [-0.2, 0) is 13.5 Å². The molecule has 96 valence electrons. The predicted octanol–water partition coefficient (Wildman–Crippen LogP) is 2.97. The fraction of sp³-hybridized carbons (Fsp3) is 0.357. The van der Waals surface area contributed by atoms with E-state index in [-0.39, 0.29) is 6.04 Å². The number of hydrogen-bond donors (Lipinski definition) is 1. The fourth-order valence-corrected chi connectivity index (χ4v) is 2.16. The Morgan fingerprint density at radius 3 is 2.56 bits per heavy atom. The molecule has 18 heavy (non-hydrogen) atoms. The Kier molecular flexibility index (Phi) is 4.39. The number of rotatable bonds is 5. The molecule has 0 saturated carbocycles. The monoisotopic (exact) mass is 263 g/mol. The van der Waals surface area contributed by atoms with Gasteiger partial charge in [0.15, 0.2) is 0 Å². The van der Waals surface area contributed by atoms with Crippen molar-refractivity contribution in [3.05, 3.63) is 52.8 Å². The van der Waals surface area contributed by atoms with E-state index in [1.807, 2.05) is 30.1 Å². The van der Waals surface area contributed by atoms with Crippen LogP contribution in [-0.4, -0.2) is 16.3 Å². The van der Waals surface area contributed by atoms with Gasteiger partial charge < -0.3 is 5.32 Å². The smallest absolute Gasteiger partial charge is 0.0643 e. The Morgan fingerprint density at radius 1 is 1.28 bits per heavy atom. The summed E-state index contributed by atoms with van der Waals surface area (Å²) in [5.41, 5.74) is 2.34. The highest BCUT2D eigenvalue weighted by Gasteiger charge is 2.12. The zero-order valence-electron chi connectivity index (χ0n) is 10.7. The van der Waals surface area contributed by atoms with Gasteiger partial charge in [0, 0.05) is 30.7 Å². The van der Waals surface area contributed by atoms with Gasteiger partial charge in [-0.25, -0.2) is 0 Å². The van der Waals surface area contributed by atoms with Crippen LogP contribution in [0, 0.1) is 0 Å². The molecule has 1 aromatic carbocycles. The molecule has 0 saturated heterocycles. The number of hydrogen-bond acceptors (Lipinski definition) is 2. The first-order chi connectivity index (χ1) is 8.69. The summed E-state index contributed by atoms with van der Waals surface area (Å²) in [6, 6.07) is 10.3. The number of nitrogens with one attached hydrogen (secondary N) is 1. The first kappa shape index (κ1) is 13.1. The molecule has 2 rings (SSSR count). The molecule has 1 unspecified atom stereocenters. The SMILES string of the molecule is CCNC(Cc1ccn(C)n1)c1ccc(Cl)cc1. The Morgan fingerprint density at radius 2 is 2.00 bits per heavy atom. The fourth-order valence-electron chi connectivity index (χ4n) is 2.03. The molecule has 2 aromatic rings. The lowest BCUT2D eigenvalue weighted by molar-refractivity contribution is 0.540. The highest BCUT2D eigenvalue weighted by molar-refractivity contribution is 6.30. The number of nitrogens with zero attached hydrogens (tertiary/aromatic N) is 2. The second-order valence-corrected chi connectivity index (χ2v) is 4.78. The van der Waals surface area contributed by atoms with Gasteiger partial charge in [-0.3, -0.25) is 4.68 Å². The van der Waals surface area contributed by atoms with E-state index >= 15 is 0 Å². The number of aryl methyl sites for hydroxylation is 1. The van der Waals surface area contributed by atoms with Crippen molar-refractivity contribution >= 4 is 11.6 Å². The van der Waals surface area contributed by atoms with Crippen molar-refractivity contribution in [2.24, 2.45) is 7.05 Å². The van der Waals surface area contributed by atoms with Crippen molar-refractivity contribution < 1.29 is 0 Å². The molecule has 0 fully saturated rings. The summed E-state index contributed by atoms with van der Waals surface area (Å²) in [6.07, 6.45) is 2.86. The van der Waals surface area contributed by atoms with E-state index in [2.05, 4.69) is 35.5 Å². The van der Waals surface area contributed by atoms with Crippen molar-refractivity contribution in [3.63, 3.8) is 0 Å². The zero-order valence-corrected chi connectivity index (χ0v) is 11.5. The van der Waals surface area contributed by atoms with E-state index in [9.17, 15) is 0 Å². The minimum absolute atomic E-state index is 0.280. The summed E-state index contributed by atoms with van der Waals surface area (Å²) < 4.78 is 1.83. The van der Waals surface area contributed by atoms with Crippen LogP contribution in [0.25, 0.3) is 0 Å². The van der Waals surface area contributed by atoms with Gasteiger partial charge in [0.2, 0.25) is 0 Å². The highest BCUT2D eigenvalue weighted by Crippen LogP contribution is 2.19. The average Bonchev–Trinajstić information content (AvgIpc) is 2.75. The summed E-state index contributed by atoms with van der Waals surface area (Å²) >= 11 is 5.92. The minimum Gasteiger partial charge on any atom is -0.310 e. The van der Waals surface area contributed by atoms with Crippen LogP contribution in [0.15, 0.2) is 36.5 Å². The Balaban J connectivity index is 2.14. The van der Waals surface area contributed by atoms with E-state index < -0.39 is 0 Å². The Bertz CT molecular complexity index is 490. The molecule has 0 spiro atoms. The van der Waals surface area contributed by atoms with E-state index in [0.29, 0.717) is 0 Å². The molecule has 0 radical (unpaired) electrons. The van der Waals surface area contributed by atoms with Crippen LogP contribution in [0.3, 0.4) is 0 Å². The maximum Gasteiger partial charge on any atom is 0.0643 e. The van der Waals surface area contributed by atoms with Crippen molar-refractivity contribution in [3.8, 4) is 0 Å². The van der Waals surface area contributed by atoms with Crippen molar-refractivity contribution in [2.75, 3.05) is 6.54 Å². The van der Waals surface area contributed by atoms with E-state index in [1.54, 1.807) is 0 Å². The van der Waals surface area contributed by atoms with Crippen LogP contribution in [0.1, 0.15) is 24.2 Å². The molecular weight excluding hydrogens is 246 g/mol. The molecule has 1 heterocycles. The summed E-state index contributed by atoms with van der Waals surface area (Å²) in [5, 5.41) is 8.68. The lowest BCUT2D eigenvalue weighted by Gasteiger charge is -2.17. The van der Waals surface area contributed by atoms with Gasteiger partial charge in [-0.2, -0.15) is 5.10 Å². The number of benzene rings is 1. The predicted molar refractivity (Wildman–Crippen MR) is 74.8 cm³/mol. The third-order valence-electron chi connectivity index (χ3n) is 2.91. The Hall–Kier alpha value is -1.32. The third kappa shape index (κ3) is 3.34. The summed E-state index contributed by atoms with van der Waals surface area (Å²) in [5.74, 6) is 0. The van der Waals surface area contributed by atoms with Crippen molar-refractivity contribution in [1.29, 1.82) is 0 Å². The van der Waals surface area contributed by atoms with Gasteiger partial charge in [0.1, 0.15) is 0 Å². The Labute approximate surface area is 113 Å². The third-order valence-corrected chi connectivity index (χ3v) is 3.16. The number of likely N-dealkylation sites (N-methyl/N-ethyl adjacent to an activating group) is 1. The first-order valence-electron chi connectivity index (χ1n) is 6.16. The van der Waals surface area contributed by atoms with Gasteiger partial charge >= 0.3 is 0 Å². The molecule has 0 aliphatic carbocycles. The number of halogens is 1. The van der Waals surface area contributed by atoms with E-state index in [0.717, 1.165) is 23.7 Å². The lowest BCUT2D eigenvalue weighted by atomic mass is 10.0. The molecule has 1 N–H and O–H groups in total. The van der Waals surface area contributed by atoms with Crippen LogP contribution >= 0.6 is 11.6 Å². The molecular formula is C14H18ClN3. The van der Waals surface area contributed by atoms with Gasteiger partial charge in [0.25, 0.3) is 0 Å². The molecule has 0 bridgehead atoms. The van der Waals surface area contributed by atoms with Crippen LogP contribution < -0.4 is 5.32 Å². The standard InChI is InChI=1S/C14H18ClN3/c1-3-16-14(10-13-8-9-18(2)17-13)11-4-6-12(15)7-5-11/h4-9,14,16H,3,10H2,1-2H3. The van der Waals surface area contributed by atoms with Crippen LogP contribution in [0.5, 0.6) is 0 Å². The molecule has 1 atom stereocenters. The molecule has 3 nitrogen and oxygen atoms in total. The minimum atomic E-state index is 0.280. The summed E-state index contributed by atoms with van der Waals surface area (Å²) in [4.78, 5) is 0. The molecule has 1 aromatic heterocycles. The topological polar surface area (TPSA) is 29.9 Å². The van der Waals surface area contributed by atoms with Crippen LogP contribution in [0.4, 0.5) is 0 Å². The van der Waals surface area contributed by atoms with Gasteiger partial charge in [-0.1, -0.05) is 30.7 Å². The molecule has 0 aliphatic heterocycles. The molecule has 0 aliphatic rings. The second kappa shape index (κ2) is 6.03. The summed E-state index contributed by atoms with van der Waals surface area (Å²) in [7, 11) is 1.94. The largest absolute Gasteiger partial charge is 0.310 e. The average molecular weight is 264 g/mol. The van der Waals surface area contributed by atoms with Gasteiger partial charge in [-0.05, 0) is 30.3 Å². The first-order valence-corrected chi connectivity index (χ1v) is 6.54. The van der Waals surface area contributed by atoms with Crippen molar-refractivity contribution in [1.82, 2.24) is 15.1 Å². The van der Waals surface area contributed by atoms with E-state index in [1.165, 1.54) is 5.56 Å². The second-order valence-electron chi connectivity index (χ2n) is 4.35. The maximum absolute atomic E-state index is 5.92. The lowest BCUT2D eigenvalue weighted by Crippen LogP contribution is -2.23. The molecule has 4 heteroatoms. The highest BCUT2D eigenvalue weighted by atomic mass is 35.5. The van der Waals surface area contributed by atoms with Gasteiger partial charge in [-0.15, -0.1) is 0 Å². The number of aromatic nitrogens is 2. The summed E-state index contributed by atoms with van der Waals surface area (Å²) in [6.45, 7) is 3.04. The van der Waals surface area contributed by atoms with Crippen molar-refractivity contribution in [2.45, 2.75) is 19.4 Å². The van der Waals surface area contributed by atoms with Crippen LogP contribution in [0.2, 0.25) is 5.02 Å². The normalized spacial score (nSPS) is 12.6. The van der Waals surface area contributed by atoms with Gasteiger partial charge in [0.05, 0.1) is 5.69 Å². The molecule has 0 amide bonds.